The smallest absolute Gasteiger partial charge is 0.106 e. The van der Waals surface area contributed by atoms with E-state index in [0.29, 0.717) is 0 Å². The lowest BCUT2D eigenvalue weighted by molar-refractivity contribution is 0.221. The second-order valence-corrected chi connectivity index (χ2v) is 7.30. The topological polar surface area (TPSA) is 33.1 Å². The number of hydrogen-bond donors (Lipinski definition) is 1. The second kappa shape index (κ2) is 7.02. The number of benzene rings is 3. The van der Waals surface area contributed by atoms with Gasteiger partial charge in [-0.05, 0) is 41.8 Å². The summed E-state index contributed by atoms with van der Waals surface area (Å²) in [6, 6.07) is 26.1. The van der Waals surface area contributed by atoms with Crippen LogP contribution in [0.4, 0.5) is 0 Å². The standard InChI is InChI=1S/C23H18BrNO/c1-15-12-19(16-8-4-2-5-9-16)20-13-18(24)14-21(22(20)25-15)23(26)17-10-6-3-7-11-17/h2-14,23,26H,1H3. The summed E-state index contributed by atoms with van der Waals surface area (Å²) in [5.41, 5.74) is 5.69. The molecule has 1 aromatic heterocycles. The Morgan fingerprint density at radius 1 is 0.885 bits per heavy atom. The van der Waals surface area contributed by atoms with E-state index >= 15 is 0 Å². The molecule has 3 heteroatoms. The molecule has 0 aliphatic heterocycles. The quantitative estimate of drug-likeness (QED) is 0.451. The Morgan fingerprint density at radius 3 is 2.23 bits per heavy atom. The summed E-state index contributed by atoms with van der Waals surface area (Å²) in [5.74, 6) is 0. The van der Waals surface area contributed by atoms with Gasteiger partial charge in [0.1, 0.15) is 6.10 Å². The number of hydrogen-bond acceptors (Lipinski definition) is 2. The van der Waals surface area contributed by atoms with Crippen LogP contribution in [0, 0.1) is 6.92 Å². The number of aromatic nitrogens is 1. The van der Waals surface area contributed by atoms with Gasteiger partial charge >= 0.3 is 0 Å². The highest BCUT2D eigenvalue weighted by Crippen LogP contribution is 2.36. The van der Waals surface area contributed by atoms with Crippen LogP contribution >= 0.6 is 15.9 Å². The molecule has 3 aromatic carbocycles. The van der Waals surface area contributed by atoms with Crippen molar-refractivity contribution in [2.24, 2.45) is 0 Å². The lowest BCUT2D eigenvalue weighted by atomic mass is 9.94. The molecule has 26 heavy (non-hydrogen) atoms. The molecule has 0 bridgehead atoms. The van der Waals surface area contributed by atoms with E-state index in [0.717, 1.165) is 43.3 Å². The lowest BCUT2D eigenvalue weighted by Gasteiger charge is -2.17. The zero-order chi connectivity index (χ0) is 18.1. The fraction of sp³-hybridized carbons (Fsp3) is 0.0870. The molecule has 0 fully saturated rings. The molecule has 2 nitrogen and oxygen atoms in total. The van der Waals surface area contributed by atoms with Gasteiger partial charge in [-0.25, -0.2) is 0 Å². The van der Waals surface area contributed by atoms with Crippen LogP contribution in [0.5, 0.6) is 0 Å². The van der Waals surface area contributed by atoms with Crippen LogP contribution in [-0.4, -0.2) is 10.1 Å². The van der Waals surface area contributed by atoms with Crippen LogP contribution < -0.4 is 0 Å². The number of aryl methyl sites for hydroxylation is 1. The Kier molecular flexibility index (Phi) is 4.58. The van der Waals surface area contributed by atoms with Gasteiger partial charge in [-0.1, -0.05) is 76.6 Å². The molecular weight excluding hydrogens is 386 g/mol. The number of fused-ring (bicyclic) bond motifs is 1. The average molecular weight is 404 g/mol. The molecule has 1 atom stereocenters. The number of rotatable bonds is 3. The number of aliphatic hydroxyl groups excluding tert-OH is 1. The van der Waals surface area contributed by atoms with E-state index in [-0.39, 0.29) is 0 Å². The first kappa shape index (κ1) is 17.0. The predicted octanol–water partition coefficient (Wildman–Crippen LogP) is 6.05. The van der Waals surface area contributed by atoms with E-state index in [1.165, 1.54) is 0 Å². The van der Waals surface area contributed by atoms with Crippen LogP contribution in [0.2, 0.25) is 0 Å². The van der Waals surface area contributed by atoms with E-state index in [4.69, 9.17) is 4.98 Å². The summed E-state index contributed by atoms with van der Waals surface area (Å²) in [6.07, 6.45) is -0.728. The van der Waals surface area contributed by atoms with E-state index < -0.39 is 6.10 Å². The lowest BCUT2D eigenvalue weighted by Crippen LogP contribution is -2.03. The summed E-state index contributed by atoms with van der Waals surface area (Å²) in [4.78, 5) is 4.77. The number of aliphatic hydroxyl groups is 1. The maximum Gasteiger partial charge on any atom is 0.106 e. The van der Waals surface area contributed by atoms with Gasteiger partial charge in [-0.2, -0.15) is 0 Å². The molecule has 128 valence electrons. The fourth-order valence-electron chi connectivity index (χ4n) is 3.33. The second-order valence-electron chi connectivity index (χ2n) is 6.38. The van der Waals surface area contributed by atoms with E-state index in [1.54, 1.807) is 0 Å². The van der Waals surface area contributed by atoms with Gasteiger partial charge in [0.05, 0.1) is 5.52 Å². The molecular formula is C23H18BrNO. The van der Waals surface area contributed by atoms with Gasteiger partial charge in [0.15, 0.2) is 0 Å². The fourth-order valence-corrected chi connectivity index (χ4v) is 3.80. The third kappa shape index (κ3) is 3.16. The monoisotopic (exact) mass is 403 g/mol. The van der Waals surface area contributed by atoms with Crippen LogP contribution in [-0.2, 0) is 0 Å². The Bertz CT molecular complexity index is 1060. The SMILES string of the molecule is Cc1cc(-c2ccccc2)c2cc(Br)cc(C(O)c3ccccc3)c2n1. The minimum atomic E-state index is -0.728. The Morgan fingerprint density at radius 2 is 1.54 bits per heavy atom. The minimum absolute atomic E-state index is 0.728. The summed E-state index contributed by atoms with van der Waals surface area (Å²) in [6.45, 7) is 1.99. The Balaban J connectivity index is 2.00. The van der Waals surface area contributed by atoms with Crippen molar-refractivity contribution in [2.75, 3.05) is 0 Å². The normalized spacial score (nSPS) is 12.3. The molecule has 0 radical (unpaired) electrons. The highest BCUT2D eigenvalue weighted by atomic mass is 79.9. The average Bonchev–Trinajstić information content (AvgIpc) is 2.68. The van der Waals surface area contributed by atoms with Gasteiger partial charge in [0, 0.05) is 21.1 Å². The van der Waals surface area contributed by atoms with Crippen molar-refractivity contribution in [3.63, 3.8) is 0 Å². The zero-order valence-corrected chi connectivity index (χ0v) is 15.9. The van der Waals surface area contributed by atoms with E-state index in [9.17, 15) is 5.11 Å². The highest BCUT2D eigenvalue weighted by Gasteiger charge is 2.18. The molecule has 1 unspecified atom stereocenters. The van der Waals surface area contributed by atoms with Gasteiger partial charge in [0.2, 0.25) is 0 Å². The molecule has 1 N–H and O–H groups in total. The van der Waals surface area contributed by atoms with Crippen LogP contribution in [0.1, 0.15) is 22.9 Å². The first-order chi connectivity index (χ1) is 12.6. The summed E-state index contributed by atoms with van der Waals surface area (Å²) < 4.78 is 0.929. The molecule has 4 rings (SSSR count). The molecule has 4 aromatic rings. The maximum absolute atomic E-state index is 11.0. The molecule has 0 amide bonds. The molecule has 0 saturated heterocycles. The minimum Gasteiger partial charge on any atom is -0.384 e. The number of nitrogens with zero attached hydrogens (tertiary/aromatic N) is 1. The van der Waals surface area contributed by atoms with E-state index in [2.05, 4.69) is 40.2 Å². The molecule has 1 heterocycles. The molecule has 0 aliphatic rings. The third-order valence-electron chi connectivity index (χ3n) is 4.53. The van der Waals surface area contributed by atoms with Gasteiger partial charge < -0.3 is 5.11 Å². The summed E-state index contributed by atoms with van der Waals surface area (Å²) >= 11 is 3.61. The van der Waals surface area contributed by atoms with Gasteiger partial charge in [0.25, 0.3) is 0 Å². The van der Waals surface area contributed by atoms with Crippen molar-refractivity contribution in [2.45, 2.75) is 13.0 Å². The molecule has 0 saturated carbocycles. The van der Waals surface area contributed by atoms with Crippen molar-refractivity contribution in [1.82, 2.24) is 4.98 Å². The number of pyridine rings is 1. The third-order valence-corrected chi connectivity index (χ3v) is 4.99. The van der Waals surface area contributed by atoms with Crippen LogP contribution in [0.15, 0.2) is 83.3 Å². The predicted molar refractivity (Wildman–Crippen MR) is 110 cm³/mol. The van der Waals surface area contributed by atoms with Crippen molar-refractivity contribution in [3.05, 3.63) is 100 Å². The van der Waals surface area contributed by atoms with Crippen LogP contribution in [0.25, 0.3) is 22.0 Å². The van der Waals surface area contributed by atoms with Gasteiger partial charge in [-0.3, -0.25) is 4.98 Å². The molecule has 0 spiro atoms. The number of halogens is 1. The Hall–Kier alpha value is -2.49. The first-order valence-corrected chi connectivity index (χ1v) is 9.32. The van der Waals surface area contributed by atoms with Gasteiger partial charge in [-0.15, -0.1) is 0 Å². The largest absolute Gasteiger partial charge is 0.384 e. The maximum atomic E-state index is 11.0. The van der Waals surface area contributed by atoms with Crippen molar-refractivity contribution in [3.8, 4) is 11.1 Å². The van der Waals surface area contributed by atoms with E-state index in [1.807, 2.05) is 61.5 Å². The van der Waals surface area contributed by atoms with Crippen molar-refractivity contribution in [1.29, 1.82) is 0 Å². The van der Waals surface area contributed by atoms with Crippen molar-refractivity contribution < 1.29 is 5.11 Å². The summed E-state index contributed by atoms with van der Waals surface area (Å²) in [7, 11) is 0. The molecule has 0 aliphatic carbocycles. The summed E-state index contributed by atoms with van der Waals surface area (Å²) in [5, 5.41) is 12.0. The van der Waals surface area contributed by atoms with Crippen molar-refractivity contribution >= 4 is 26.8 Å². The van der Waals surface area contributed by atoms with Crippen LogP contribution in [0.3, 0.4) is 0 Å². The first-order valence-electron chi connectivity index (χ1n) is 8.53. The Labute approximate surface area is 161 Å². The zero-order valence-electron chi connectivity index (χ0n) is 14.4. The highest BCUT2D eigenvalue weighted by molar-refractivity contribution is 9.10.